The van der Waals surface area contributed by atoms with Crippen molar-refractivity contribution >= 4 is 11.6 Å². The molecule has 0 N–H and O–H groups in total. The Kier molecular flexibility index (Phi) is 4.52. The highest BCUT2D eigenvalue weighted by Gasteiger charge is 2.59. The molecule has 0 aliphatic heterocycles. The maximum atomic E-state index is 12.9. The molecule has 4 rings (SSSR count). The maximum absolute atomic E-state index is 12.9. The van der Waals surface area contributed by atoms with E-state index >= 15 is 0 Å². The quantitative estimate of drug-likeness (QED) is 0.652. The molecule has 142 valence electrons. The highest BCUT2D eigenvalue weighted by molar-refractivity contribution is 6.01. The zero-order chi connectivity index (χ0) is 18.5. The number of carbonyl (C=O) groups is 2. The maximum Gasteiger partial charge on any atom is 0.178 e. The molecule has 0 bridgehead atoms. The van der Waals surface area contributed by atoms with Crippen LogP contribution in [-0.2, 0) is 9.59 Å². The molecule has 6 atom stereocenters. The van der Waals surface area contributed by atoms with Gasteiger partial charge in [0.1, 0.15) is 5.78 Å². The second kappa shape index (κ2) is 6.46. The molecule has 2 heteroatoms. The summed E-state index contributed by atoms with van der Waals surface area (Å²) < 4.78 is 0. The van der Waals surface area contributed by atoms with Crippen LogP contribution in [0.2, 0.25) is 0 Å². The van der Waals surface area contributed by atoms with Crippen LogP contribution in [0.25, 0.3) is 0 Å². The standard InChI is InChI=1S/C24H34O2/c1-4-5-6-22(26)21-10-9-19-18-8-7-16-15-17(25)11-13-23(16,2)20(18)12-14-24(19,21)3/h11,13,15,18-21H,4-10,12,14H2,1-3H3. The van der Waals surface area contributed by atoms with Gasteiger partial charge in [-0.2, -0.15) is 0 Å². The smallest absolute Gasteiger partial charge is 0.178 e. The fraction of sp³-hybridized carbons (Fsp3) is 0.750. The van der Waals surface area contributed by atoms with Crippen molar-refractivity contribution in [2.24, 2.45) is 34.5 Å². The average molecular weight is 355 g/mol. The van der Waals surface area contributed by atoms with Crippen LogP contribution in [0.15, 0.2) is 23.8 Å². The summed E-state index contributed by atoms with van der Waals surface area (Å²) in [4.78, 5) is 24.8. The first-order chi connectivity index (χ1) is 12.4. The molecular formula is C24H34O2. The molecule has 3 fully saturated rings. The number of allylic oxidation sites excluding steroid dienone is 4. The molecule has 0 spiro atoms. The van der Waals surface area contributed by atoms with Crippen molar-refractivity contribution in [1.82, 2.24) is 0 Å². The van der Waals surface area contributed by atoms with Crippen LogP contribution in [0.4, 0.5) is 0 Å². The number of hydrogen-bond donors (Lipinski definition) is 0. The second-order valence-corrected chi connectivity index (χ2v) is 9.85. The molecular weight excluding hydrogens is 320 g/mol. The average Bonchev–Trinajstić information content (AvgIpc) is 2.97. The molecule has 2 nitrogen and oxygen atoms in total. The van der Waals surface area contributed by atoms with E-state index < -0.39 is 0 Å². The van der Waals surface area contributed by atoms with Crippen LogP contribution in [0.1, 0.15) is 78.6 Å². The Balaban J connectivity index is 1.58. The van der Waals surface area contributed by atoms with Gasteiger partial charge >= 0.3 is 0 Å². The van der Waals surface area contributed by atoms with Crippen molar-refractivity contribution in [3.8, 4) is 0 Å². The minimum atomic E-state index is 0.0719. The first kappa shape index (κ1) is 18.2. The number of Topliss-reactive ketones (excluding diaryl/α,β-unsaturated/α-hetero) is 1. The fourth-order valence-corrected chi connectivity index (χ4v) is 7.25. The van der Waals surface area contributed by atoms with Crippen molar-refractivity contribution in [3.63, 3.8) is 0 Å². The van der Waals surface area contributed by atoms with E-state index in [1.807, 2.05) is 6.08 Å². The van der Waals surface area contributed by atoms with Gasteiger partial charge in [0.15, 0.2) is 5.78 Å². The van der Waals surface area contributed by atoms with Crippen molar-refractivity contribution in [3.05, 3.63) is 23.8 Å². The third-order valence-electron chi connectivity index (χ3n) is 8.72. The number of unbranched alkanes of at least 4 members (excludes halogenated alkanes) is 1. The van der Waals surface area contributed by atoms with Gasteiger partial charge in [0, 0.05) is 17.8 Å². The molecule has 0 amide bonds. The molecule has 0 radical (unpaired) electrons. The van der Waals surface area contributed by atoms with Crippen LogP contribution >= 0.6 is 0 Å². The van der Waals surface area contributed by atoms with Crippen molar-refractivity contribution in [1.29, 1.82) is 0 Å². The lowest BCUT2D eigenvalue weighted by Crippen LogP contribution is -2.50. The lowest BCUT2D eigenvalue weighted by atomic mass is 9.47. The van der Waals surface area contributed by atoms with E-state index in [0.29, 0.717) is 23.5 Å². The van der Waals surface area contributed by atoms with E-state index in [9.17, 15) is 9.59 Å². The number of fused-ring (bicyclic) bond motifs is 5. The monoisotopic (exact) mass is 354 g/mol. The number of hydrogen-bond acceptors (Lipinski definition) is 2. The topological polar surface area (TPSA) is 34.1 Å². The van der Waals surface area contributed by atoms with Crippen LogP contribution in [-0.4, -0.2) is 11.6 Å². The molecule has 4 aliphatic rings. The van der Waals surface area contributed by atoms with Crippen molar-refractivity contribution in [2.45, 2.75) is 78.6 Å². The van der Waals surface area contributed by atoms with E-state index in [1.165, 1.54) is 31.3 Å². The Hall–Kier alpha value is -1.18. The molecule has 4 aliphatic carbocycles. The molecule has 0 saturated heterocycles. The zero-order valence-corrected chi connectivity index (χ0v) is 16.7. The minimum absolute atomic E-state index is 0.0719. The van der Waals surface area contributed by atoms with Crippen molar-refractivity contribution in [2.75, 3.05) is 0 Å². The molecule has 0 aromatic carbocycles. The van der Waals surface area contributed by atoms with E-state index in [0.717, 1.165) is 38.0 Å². The largest absolute Gasteiger partial charge is 0.299 e. The Labute approximate surface area is 158 Å². The van der Waals surface area contributed by atoms with Gasteiger partial charge < -0.3 is 0 Å². The third kappa shape index (κ3) is 2.59. The van der Waals surface area contributed by atoms with Crippen LogP contribution in [0.3, 0.4) is 0 Å². The molecule has 0 aromatic rings. The Morgan fingerprint density at radius 3 is 2.73 bits per heavy atom. The summed E-state index contributed by atoms with van der Waals surface area (Å²) in [6.45, 7) is 6.97. The zero-order valence-electron chi connectivity index (χ0n) is 16.7. The van der Waals surface area contributed by atoms with Gasteiger partial charge in [0.25, 0.3) is 0 Å². The van der Waals surface area contributed by atoms with E-state index in [1.54, 1.807) is 6.08 Å². The van der Waals surface area contributed by atoms with Gasteiger partial charge in [-0.15, -0.1) is 0 Å². The second-order valence-electron chi connectivity index (χ2n) is 9.85. The van der Waals surface area contributed by atoms with Crippen LogP contribution in [0, 0.1) is 34.5 Å². The molecule has 6 unspecified atom stereocenters. The van der Waals surface area contributed by atoms with Gasteiger partial charge in [-0.1, -0.05) is 38.8 Å². The number of ketones is 2. The summed E-state index contributed by atoms with van der Waals surface area (Å²) in [6, 6.07) is 0. The highest BCUT2D eigenvalue weighted by Crippen LogP contribution is 2.66. The predicted molar refractivity (Wildman–Crippen MR) is 105 cm³/mol. The van der Waals surface area contributed by atoms with Gasteiger partial charge in [-0.05, 0) is 80.3 Å². The van der Waals surface area contributed by atoms with Gasteiger partial charge in [-0.3, -0.25) is 9.59 Å². The fourth-order valence-electron chi connectivity index (χ4n) is 7.25. The Morgan fingerprint density at radius 2 is 1.96 bits per heavy atom. The normalized spacial score (nSPS) is 44.1. The molecule has 0 heterocycles. The SMILES string of the molecule is CCCCC(=O)C1CCC2C3CCC4=CC(=O)C=CC4(C)C3CCC12C. The summed E-state index contributed by atoms with van der Waals surface area (Å²) in [5.41, 5.74) is 1.66. The molecule has 26 heavy (non-hydrogen) atoms. The Morgan fingerprint density at radius 1 is 1.15 bits per heavy atom. The third-order valence-corrected chi connectivity index (χ3v) is 8.72. The number of rotatable bonds is 4. The van der Waals surface area contributed by atoms with Gasteiger partial charge in [-0.25, -0.2) is 0 Å². The summed E-state index contributed by atoms with van der Waals surface area (Å²) in [6.07, 6.45) is 15.9. The summed E-state index contributed by atoms with van der Waals surface area (Å²) in [5.74, 6) is 3.07. The summed E-state index contributed by atoms with van der Waals surface area (Å²) in [5, 5.41) is 0. The van der Waals surface area contributed by atoms with Crippen LogP contribution < -0.4 is 0 Å². The van der Waals surface area contributed by atoms with Crippen LogP contribution in [0.5, 0.6) is 0 Å². The first-order valence-electron chi connectivity index (χ1n) is 10.9. The van der Waals surface area contributed by atoms with E-state index in [2.05, 4.69) is 26.8 Å². The van der Waals surface area contributed by atoms with E-state index in [-0.39, 0.29) is 16.6 Å². The summed E-state index contributed by atoms with van der Waals surface area (Å²) in [7, 11) is 0. The minimum Gasteiger partial charge on any atom is -0.299 e. The molecule has 3 saturated carbocycles. The first-order valence-corrected chi connectivity index (χ1v) is 10.9. The molecule has 0 aromatic heterocycles. The van der Waals surface area contributed by atoms with Crippen molar-refractivity contribution < 1.29 is 9.59 Å². The highest BCUT2D eigenvalue weighted by atomic mass is 16.1. The number of carbonyl (C=O) groups excluding carboxylic acids is 2. The van der Waals surface area contributed by atoms with Gasteiger partial charge in [0.2, 0.25) is 0 Å². The lowest BCUT2D eigenvalue weighted by Gasteiger charge is -2.57. The predicted octanol–water partition coefficient (Wildman–Crippen LogP) is 5.67. The lowest BCUT2D eigenvalue weighted by molar-refractivity contribution is -0.129. The van der Waals surface area contributed by atoms with Gasteiger partial charge in [0.05, 0.1) is 0 Å². The van der Waals surface area contributed by atoms with E-state index in [4.69, 9.17) is 0 Å². The Bertz CT molecular complexity index is 672. The summed E-state index contributed by atoms with van der Waals surface area (Å²) >= 11 is 0.